The zero-order valence-electron chi connectivity index (χ0n) is 17.2. The fourth-order valence-electron chi connectivity index (χ4n) is 3.88. The molecule has 33 heavy (non-hydrogen) atoms. The topological polar surface area (TPSA) is 68.5 Å². The number of aromatic nitrogens is 2. The number of benzene rings is 2. The third kappa shape index (κ3) is 4.26. The van der Waals surface area contributed by atoms with Gasteiger partial charge in [-0.25, -0.2) is 4.98 Å². The SMILES string of the molecule is O=C(c1ccc2noc(-c3ccccc3)c2c1)N1CCC(Oc2cc(C(F)(F)F)ccn2)C1. The van der Waals surface area contributed by atoms with Crippen LogP contribution in [0, 0.1) is 0 Å². The molecule has 1 fully saturated rings. The van der Waals surface area contributed by atoms with Crippen molar-refractivity contribution in [3.8, 4) is 17.2 Å². The van der Waals surface area contributed by atoms with Crippen molar-refractivity contribution in [1.82, 2.24) is 15.0 Å². The number of alkyl halides is 3. The molecule has 0 aliphatic carbocycles. The molecule has 0 saturated carbocycles. The lowest BCUT2D eigenvalue weighted by Crippen LogP contribution is -2.31. The van der Waals surface area contributed by atoms with E-state index in [-0.39, 0.29) is 18.3 Å². The van der Waals surface area contributed by atoms with Crippen molar-refractivity contribution in [3.05, 3.63) is 78.0 Å². The highest BCUT2D eigenvalue weighted by atomic mass is 19.4. The lowest BCUT2D eigenvalue weighted by molar-refractivity contribution is -0.137. The molecular formula is C24H18F3N3O3. The number of carbonyl (C=O) groups is 1. The van der Waals surface area contributed by atoms with Gasteiger partial charge in [0.25, 0.3) is 5.91 Å². The van der Waals surface area contributed by atoms with E-state index in [4.69, 9.17) is 9.26 Å². The summed E-state index contributed by atoms with van der Waals surface area (Å²) in [6.07, 6.45) is -3.36. The molecule has 1 unspecified atom stereocenters. The molecule has 0 spiro atoms. The quantitative estimate of drug-likeness (QED) is 0.425. The van der Waals surface area contributed by atoms with Crippen LogP contribution in [0.3, 0.4) is 0 Å². The van der Waals surface area contributed by atoms with Crippen molar-refractivity contribution >= 4 is 16.8 Å². The first kappa shape index (κ1) is 21.0. The van der Waals surface area contributed by atoms with Crippen LogP contribution in [0.5, 0.6) is 5.88 Å². The maximum atomic E-state index is 13.1. The minimum atomic E-state index is -4.47. The smallest absolute Gasteiger partial charge is 0.416 e. The van der Waals surface area contributed by atoms with Crippen molar-refractivity contribution in [1.29, 1.82) is 0 Å². The third-order valence-electron chi connectivity index (χ3n) is 5.54. The summed E-state index contributed by atoms with van der Waals surface area (Å²) in [4.78, 5) is 18.6. The van der Waals surface area contributed by atoms with Crippen LogP contribution in [-0.2, 0) is 6.18 Å². The average Bonchev–Trinajstić information content (AvgIpc) is 3.45. The van der Waals surface area contributed by atoms with E-state index < -0.39 is 17.8 Å². The van der Waals surface area contributed by atoms with Gasteiger partial charge in [-0.1, -0.05) is 35.5 Å². The molecule has 1 saturated heterocycles. The number of likely N-dealkylation sites (tertiary alicyclic amines) is 1. The van der Waals surface area contributed by atoms with Gasteiger partial charge in [0.15, 0.2) is 5.76 Å². The maximum Gasteiger partial charge on any atom is 0.416 e. The average molecular weight is 453 g/mol. The highest BCUT2D eigenvalue weighted by molar-refractivity contribution is 6.01. The third-order valence-corrected chi connectivity index (χ3v) is 5.54. The minimum Gasteiger partial charge on any atom is -0.472 e. The zero-order chi connectivity index (χ0) is 23.0. The summed E-state index contributed by atoms with van der Waals surface area (Å²) >= 11 is 0. The second-order valence-electron chi connectivity index (χ2n) is 7.77. The highest BCUT2D eigenvalue weighted by Gasteiger charge is 2.32. The Bertz CT molecular complexity index is 1300. The normalized spacial score (nSPS) is 16.3. The van der Waals surface area contributed by atoms with Crippen LogP contribution < -0.4 is 4.74 Å². The van der Waals surface area contributed by atoms with Gasteiger partial charge in [-0.15, -0.1) is 0 Å². The summed E-state index contributed by atoms with van der Waals surface area (Å²) in [6.45, 7) is 0.680. The maximum absolute atomic E-state index is 13.1. The molecule has 1 aliphatic rings. The Balaban J connectivity index is 1.32. The molecule has 1 atom stereocenters. The van der Waals surface area contributed by atoms with Crippen LogP contribution >= 0.6 is 0 Å². The Hall–Kier alpha value is -3.88. The Morgan fingerprint density at radius 1 is 1.09 bits per heavy atom. The van der Waals surface area contributed by atoms with E-state index in [0.717, 1.165) is 29.3 Å². The molecule has 3 heterocycles. The number of nitrogens with zero attached hydrogens (tertiary/aromatic N) is 3. The van der Waals surface area contributed by atoms with Gasteiger partial charge in [-0.05, 0) is 24.3 Å². The molecule has 2 aromatic heterocycles. The number of amides is 1. The van der Waals surface area contributed by atoms with E-state index >= 15 is 0 Å². The van der Waals surface area contributed by atoms with Crippen LogP contribution in [0.2, 0.25) is 0 Å². The molecule has 0 radical (unpaired) electrons. The summed E-state index contributed by atoms with van der Waals surface area (Å²) in [7, 11) is 0. The molecule has 1 amide bonds. The fourth-order valence-corrected chi connectivity index (χ4v) is 3.88. The predicted octanol–water partition coefficient (Wildman–Crippen LogP) is 5.20. The number of fused-ring (bicyclic) bond motifs is 1. The number of rotatable bonds is 4. The van der Waals surface area contributed by atoms with E-state index in [1.807, 2.05) is 30.3 Å². The van der Waals surface area contributed by atoms with Crippen molar-refractivity contribution in [2.75, 3.05) is 13.1 Å². The number of ether oxygens (including phenoxy) is 1. The summed E-state index contributed by atoms with van der Waals surface area (Å²) in [5.74, 6) is 0.279. The first-order valence-electron chi connectivity index (χ1n) is 10.3. The number of hydrogen-bond donors (Lipinski definition) is 0. The van der Waals surface area contributed by atoms with Gasteiger partial charge in [0, 0.05) is 36.4 Å². The Morgan fingerprint density at radius 2 is 1.91 bits per heavy atom. The molecule has 4 aromatic rings. The lowest BCUT2D eigenvalue weighted by atomic mass is 10.1. The minimum absolute atomic E-state index is 0.109. The van der Waals surface area contributed by atoms with Crippen LogP contribution in [0.25, 0.3) is 22.2 Å². The molecule has 9 heteroatoms. The summed E-state index contributed by atoms with van der Waals surface area (Å²) in [5.41, 5.74) is 1.15. The number of hydrogen-bond acceptors (Lipinski definition) is 5. The first-order chi connectivity index (χ1) is 15.9. The first-order valence-corrected chi connectivity index (χ1v) is 10.3. The van der Waals surface area contributed by atoms with E-state index in [1.165, 1.54) is 0 Å². The van der Waals surface area contributed by atoms with E-state index in [1.54, 1.807) is 23.1 Å². The van der Waals surface area contributed by atoms with Gasteiger partial charge in [0.05, 0.1) is 17.5 Å². The van der Waals surface area contributed by atoms with Crippen LogP contribution in [0.1, 0.15) is 22.3 Å². The number of carbonyl (C=O) groups excluding carboxylic acids is 1. The van der Waals surface area contributed by atoms with Gasteiger partial charge in [0.1, 0.15) is 11.6 Å². The Kier molecular flexibility index (Phi) is 5.24. The van der Waals surface area contributed by atoms with Gasteiger partial charge < -0.3 is 14.2 Å². The van der Waals surface area contributed by atoms with E-state index in [0.29, 0.717) is 29.8 Å². The number of pyridine rings is 1. The predicted molar refractivity (Wildman–Crippen MR) is 114 cm³/mol. The molecule has 0 N–H and O–H groups in total. The molecule has 5 rings (SSSR count). The summed E-state index contributed by atoms with van der Waals surface area (Å²) in [6, 6.07) is 16.4. The Morgan fingerprint density at radius 3 is 2.70 bits per heavy atom. The van der Waals surface area contributed by atoms with Crippen molar-refractivity contribution < 1.29 is 27.2 Å². The largest absolute Gasteiger partial charge is 0.472 e. The molecule has 6 nitrogen and oxygen atoms in total. The summed E-state index contributed by atoms with van der Waals surface area (Å²) in [5, 5.41) is 4.80. The van der Waals surface area contributed by atoms with E-state index in [2.05, 4.69) is 10.1 Å². The monoisotopic (exact) mass is 453 g/mol. The fraction of sp³-hybridized carbons (Fsp3) is 0.208. The lowest BCUT2D eigenvalue weighted by Gasteiger charge is -2.17. The summed E-state index contributed by atoms with van der Waals surface area (Å²) < 4.78 is 49.9. The molecule has 1 aliphatic heterocycles. The van der Waals surface area contributed by atoms with Crippen LogP contribution in [0.4, 0.5) is 13.2 Å². The highest BCUT2D eigenvalue weighted by Crippen LogP contribution is 2.32. The van der Waals surface area contributed by atoms with Crippen molar-refractivity contribution in [3.63, 3.8) is 0 Å². The number of halogens is 3. The van der Waals surface area contributed by atoms with Crippen LogP contribution in [-0.4, -0.2) is 40.1 Å². The second kappa shape index (κ2) is 8.23. The molecular weight excluding hydrogens is 435 g/mol. The van der Waals surface area contributed by atoms with Gasteiger partial charge >= 0.3 is 6.18 Å². The van der Waals surface area contributed by atoms with E-state index in [9.17, 15) is 18.0 Å². The molecule has 2 aromatic carbocycles. The Labute approximate surface area is 186 Å². The van der Waals surface area contributed by atoms with Crippen molar-refractivity contribution in [2.24, 2.45) is 0 Å². The van der Waals surface area contributed by atoms with Gasteiger partial charge in [-0.3, -0.25) is 4.79 Å². The zero-order valence-corrected chi connectivity index (χ0v) is 17.2. The van der Waals surface area contributed by atoms with Crippen molar-refractivity contribution in [2.45, 2.75) is 18.7 Å². The second-order valence-corrected chi connectivity index (χ2v) is 7.77. The standard InChI is InChI=1S/C24H18F3N3O3/c25-24(26,27)17-8-10-28-21(13-17)32-18-9-11-30(14-18)23(31)16-6-7-20-19(12-16)22(33-29-20)15-4-2-1-3-5-15/h1-8,10,12-13,18H,9,11,14H2. The van der Waals surface area contributed by atoms with Crippen LogP contribution in [0.15, 0.2) is 71.4 Å². The van der Waals surface area contributed by atoms with Gasteiger partial charge in [0.2, 0.25) is 5.88 Å². The van der Waals surface area contributed by atoms with Gasteiger partial charge in [-0.2, -0.15) is 13.2 Å². The molecule has 168 valence electrons. The molecule has 0 bridgehead atoms.